The predicted molar refractivity (Wildman–Crippen MR) is 179 cm³/mol. The summed E-state index contributed by atoms with van der Waals surface area (Å²) in [6, 6.07) is 4.42. The van der Waals surface area contributed by atoms with Crippen LogP contribution in [-0.2, 0) is 0 Å². The molecule has 210 valence electrons. The second kappa shape index (κ2) is 10.1. The van der Waals surface area contributed by atoms with Crippen LogP contribution in [0.3, 0.4) is 0 Å². The van der Waals surface area contributed by atoms with Gasteiger partial charge in [0.1, 0.15) is 0 Å². The van der Waals surface area contributed by atoms with Gasteiger partial charge in [-0.1, -0.05) is 39.8 Å². The van der Waals surface area contributed by atoms with Gasteiger partial charge in [-0.2, -0.15) is 0 Å². The fourth-order valence-corrected chi connectivity index (χ4v) is 7.02. The average Bonchev–Trinajstić information content (AvgIpc) is 3.70. The van der Waals surface area contributed by atoms with Gasteiger partial charge in [-0.3, -0.25) is 0 Å². The SMILES string of the molecule is CCC1=C(C)C2=NC1=Cc1[nH]c(c3c4c(ccc13)=CNC=C4)=CC1=NC(=CC3=NC(=C2)C(CC)=C3CC)C(C)=C1CC. The van der Waals surface area contributed by atoms with E-state index >= 15 is 0 Å². The lowest BCUT2D eigenvalue weighted by atomic mass is 9.96. The Kier molecular flexibility index (Phi) is 6.34. The van der Waals surface area contributed by atoms with Crippen LogP contribution in [-0.4, -0.2) is 22.1 Å². The third-order valence-corrected chi connectivity index (χ3v) is 9.21. The van der Waals surface area contributed by atoms with Crippen LogP contribution in [0, 0.1) is 0 Å². The summed E-state index contributed by atoms with van der Waals surface area (Å²) in [4.78, 5) is 19.5. The highest BCUT2D eigenvalue weighted by atomic mass is 14.9. The van der Waals surface area contributed by atoms with Gasteiger partial charge in [0.15, 0.2) is 0 Å². The fraction of sp³-hybridized carbons (Fsp3) is 0.270. The van der Waals surface area contributed by atoms with Crippen molar-refractivity contribution in [2.24, 2.45) is 15.0 Å². The van der Waals surface area contributed by atoms with E-state index in [1.165, 1.54) is 55.0 Å². The van der Waals surface area contributed by atoms with Crippen molar-refractivity contribution < 1.29 is 0 Å². The number of hydrogen-bond donors (Lipinski definition) is 2. The quantitative estimate of drug-likeness (QED) is 0.411. The van der Waals surface area contributed by atoms with E-state index in [0.717, 1.165) is 71.0 Å². The van der Waals surface area contributed by atoms with Crippen molar-refractivity contribution in [1.29, 1.82) is 0 Å². The van der Waals surface area contributed by atoms with Crippen LogP contribution in [0.5, 0.6) is 0 Å². The number of hydrogen-bond acceptors (Lipinski definition) is 4. The van der Waals surface area contributed by atoms with Crippen molar-refractivity contribution in [3.63, 3.8) is 0 Å². The van der Waals surface area contributed by atoms with E-state index < -0.39 is 0 Å². The lowest BCUT2D eigenvalue weighted by Crippen LogP contribution is -2.17. The lowest BCUT2D eigenvalue weighted by molar-refractivity contribution is 1.05. The number of allylic oxidation sites excluding steroid dienone is 8. The monoisotopic (exact) mass is 551 g/mol. The van der Waals surface area contributed by atoms with Crippen LogP contribution in [0.1, 0.15) is 78.5 Å². The molecule has 2 aromatic rings. The van der Waals surface area contributed by atoms with Crippen LogP contribution < -0.4 is 15.9 Å². The number of nitrogens with one attached hydrogen (secondary N) is 2. The summed E-state index contributed by atoms with van der Waals surface area (Å²) < 4.78 is 0. The Morgan fingerprint density at radius 3 is 2.07 bits per heavy atom. The topological polar surface area (TPSA) is 64.9 Å². The maximum atomic E-state index is 5.24. The van der Waals surface area contributed by atoms with Crippen LogP contribution in [0.4, 0.5) is 0 Å². The van der Waals surface area contributed by atoms with E-state index in [0.29, 0.717) is 0 Å². The maximum absolute atomic E-state index is 5.24. The Labute approximate surface area is 247 Å². The minimum atomic E-state index is 0.916. The zero-order valence-electron chi connectivity index (χ0n) is 25.4. The molecule has 1 aromatic carbocycles. The molecule has 0 saturated heterocycles. The minimum Gasteiger partial charge on any atom is -0.367 e. The van der Waals surface area contributed by atoms with Gasteiger partial charge in [0, 0.05) is 34.2 Å². The number of rotatable bonds is 4. The summed E-state index contributed by atoms with van der Waals surface area (Å²) in [5.41, 5.74) is 16.1. The van der Waals surface area contributed by atoms with Crippen molar-refractivity contribution in [3.05, 3.63) is 103 Å². The first kappa shape index (κ1) is 26.4. The minimum absolute atomic E-state index is 0.916. The summed E-state index contributed by atoms with van der Waals surface area (Å²) in [5, 5.41) is 7.90. The smallest absolute Gasteiger partial charge is 0.0694 e. The molecule has 5 heteroatoms. The largest absolute Gasteiger partial charge is 0.367 e. The van der Waals surface area contributed by atoms with Gasteiger partial charge >= 0.3 is 0 Å². The Hall–Kier alpha value is -4.51. The molecule has 5 aliphatic heterocycles. The highest BCUT2D eigenvalue weighted by Crippen LogP contribution is 2.37. The van der Waals surface area contributed by atoms with E-state index in [-0.39, 0.29) is 0 Å². The van der Waals surface area contributed by atoms with Crippen LogP contribution in [0.25, 0.3) is 35.2 Å². The fourth-order valence-electron chi connectivity index (χ4n) is 7.02. The first-order chi connectivity index (χ1) is 20.4. The summed E-state index contributed by atoms with van der Waals surface area (Å²) in [6.07, 6.45) is 18.8. The normalized spacial score (nSPS) is 19.2. The number of nitrogens with zero attached hydrogens (tertiary/aromatic N) is 3. The van der Waals surface area contributed by atoms with Crippen molar-refractivity contribution in [1.82, 2.24) is 10.3 Å². The molecular formula is C37H37N5. The van der Waals surface area contributed by atoms with E-state index in [1.54, 1.807) is 0 Å². The van der Waals surface area contributed by atoms with Crippen LogP contribution in [0.15, 0.2) is 96.0 Å². The second-order valence-corrected chi connectivity index (χ2v) is 11.4. The van der Waals surface area contributed by atoms with Gasteiger partial charge in [0.05, 0.1) is 34.2 Å². The first-order valence-electron chi connectivity index (χ1n) is 15.3. The molecule has 0 amide bonds. The Bertz CT molecular complexity index is 2040. The van der Waals surface area contributed by atoms with E-state index in [9.17, 15) is 0 Å². The molecule has 0 atom stereocenters. The molecule has 0 saturated carbocycles. The number of fused-ring (bicyclic) bond motifs is 10. The molecule has 7 rings (SSSR count). The van der Waals surface area contributed by atoms with Gasteiger partial charge < -0.3 is 10.3 Å². The molecule has 5 aliphatic rings. The maximum Gasteiger partial charge on any atom is 0.0694 e. The highest BCUT2D eigenvalue weighted by molar-refractivity contribution is 6.25. The number of H-pyrrole nitrogens is 1. The lowest BCUT2D eigenvalue weighted by Gasteiger charge is -2.06. The third kappa shape index (κ3) is 3.94. The van der Waals surface area contributed by atoms with Crippen molar-refractivity contribution in [2.45, 2.75) is 67.2 Å². The summed E-state index contributed by atoms with van der Waals surface area (Å²) >= 11 is 0. The summed E-state index contributed by atoms with van der Waals surface area (Å²) in [7, 11) is 0. The molecule has 6 heterocycles. The Morgan fingerprint density at radius 2 is 1.31 bits per heavy atom. The molecule has 0 radical (unpaired) electrons. The Balaban J connectivity index is 1.60. The van der Waals surface area contributed by atoms with Crippen molar-refractivity contribution in [3.8, 4) is 0 Å². The van der Waals surface area contributed by atoms with Crippen LogP contribution in [0.2, 0.25) is 0 Å². The standard InChI is InChI=1S/C37H37N5/c1-7-23-20(5)29-15-33-25(9-3)26(10-4)34(41-33)16-30-21(6)24(8-2)32(40-30)18-36-37-27-13-14-38-19-22(27)11-12-28(37)35(42-36)17-31(23)39-29/h11-19,38,42H,7-10H2,1-6H3. The van der Waals surface area contributed by atoms with Crippen molar-refractivity contribution in [2.75, 3.05) is 0 Å². The predicted octanol–water partition coefficient (Wildman–Crippen LogP) is 7.32. The molecule has 42 heavy (non-hydrogen) atoms. The molecular weight excluding hydrogens is 514 g/mol. The number of benzene rings is 1. The summed E-state index contributed by atoms with van der Waals surface area (Å²) in [6.45, 7) is 13.3. The van der Waals surface area contributed by atoms with Crippen molar-refractivity contribution >= 4 is 52.3 Å². The molecule has 2 N–H and O–H groups in total. The molecule has 0 spiro atoms. The molecule has 8 bridgehead atoms. The zero-order chi connectivity index (χ0) is 29.1. The van der Waals surface area contributed by atoms with E-state index in [2.05, 4.69) is 101 Å². The molecule has 5 nitrogen and oxygen atoms in total. The molecule has 1 aromatic heterocycles. The number of aromatic amines is 1. The van der Waals surface area contributed by atoms with Gasteiger partial charge in [0.2, 0.25) is 0 Å². The van der Waals surface area contributed by atoms with Gasteiger partial charge in [-0.25, -0.2) is 15.0 Å². The molecule has 0 fully saturated rings. The highest BCUT2D eigenvalue weighted by Gasteiger charge is 2.26. The Morgan fingerprint density at radius 1 is 0.643 bits per heavy atom. The average molecular weight is 552 g/mol. The van der Waals surface area contributed by atoms with Gasteiger partial charge in [0.25, 0.3) is 0 Å². The van der Waals surface area contributed by atoms with E-state index in [4.69, 9.17) is 15.0 Å². The third-order valence-electron chi connectivity index (χ3n) is 9.21. The van der Waals surface area contributed by atoms with Gasteiger partial charge in [-0.05, 0) is 114 Å². The second-order valence-electron chi connectivity index (χ2n) is 11.4. The van der Waals surface area contributed by atoms with E-state index in [1.807, 2.05) is 6.20 Å². The molecule has 0 unspecified atom stereocenters. The first-order valence-corrected chi connectivity index (χ1v) is 15.3. The number of aliphatic imine (C=N–C) groups is 3. The summed E-state index contributed by atoms with van der Waals surface area (Å²) in [5.74, 6) is 0. The van der Waals surface area contributed by atoms with Gasteiger partial charge in [-0.15, -0.1) is 0 Å². The number of aromatic nitrogens is 1. The van der Waals surface area contributed by atoms with Crippen LogP contribution >= 0.6 is 0 Å². The molecule has 0 aliphatic carbocycles. The zero-order valence-corrected chi connectivity index (χ0v) is 25.4.